The molecule has 1 aromatic rings. The van der Waals surface area contributed by atoms with E-state index in [9.17, 15) is 8.42 Å². The Balaban J connectivity index is 0.00000676. The van der Waals surface area contributed by atoms with Gasteiger partial charge in [-0.1, -0.05) is 18.2 Å². The summed E-state index contributed by atoms with van der Waals surface area (Å²) in [6.45, 7) is 8.40. The molecule has 0 saturated carbocycles. The number of para-hydroxylation sites is 1. The Kier molecular flexibility index (Phi) is 13.4. The van der Waals surface area contributed by atoms with Crippen molar-refractivity contribution in [1.29, 1.82) is 0 Å². The molecule has 9 heteroatoms. The van der Waals surface area contributed by atoms with E-state index < -0.39 is 9.84 Å². The van der Waals surface area contributed by atoms with E-state index in [0.717, 1.165) is 17.9 Å². The van der Waals surface area contributed by atoms with Crippen LogP contribution in [0.25, 0.3) is 0 Å². The van der Waals surface area contributed by atoms with E-state index in [0.29, 0.717) is 25.7 Å². The van der Waals surface area contributed by atoms with E-state index in [4.69, 9.17) is 9.47 Å². The number of rotatable bonds is 11. The molecule has 156 valence electrons. The van der Waals surface area contributed by atoms with Crippen LogP contribution in [0.2, 0.25) is 0 Å². The molecule has 0 bridgehead atoms. The lowest BCUT2D eigenvalue weighted by atomic mass is 10.2. The minimum absolute atomic E-state index is 0. The zero-order chi connectivity index (χ0) is 19.4. The summed E-state index contributed by atoms with van der Waals surface area (Å²) in [5, 5.41) is 6.32. The van der Waals surface area contributed by atoms with Crippen molar-refractivity contribution in [1.82, 2.24) is 10.6 Å². The van der Waals surface area contributed by atoms with Crippen molar-refractivity contribution < 1.29 is 17.9 Å². The molecule has 0 aliphatic carbocycles. The van der Waals surface area contributed by atoms with Gasteiger partial charge in [0.25, 0.3) is 0 Å². The zero-order valence-corrected chi connectivity index (χ0v) is 19.7. The average Bonchev–Trinajstić information content (AvgIpc) is 2.56. The van der Waals surface area contributed by atoms with Gasteiger partial charge in [0.15, 0.2) is 5.96 Å². The SMILES string of the molecule is CCNC(=NCC(C)Oc1ccccc1C)NCCOCCS(C)(=O)=O.I. The number of aliphatic imine (C=N–C) groups is 1. The van der Waals surface area contributed by atoms with Gasteiger partial charge in [-0.25, -0.2) is 13.4 Å². The summed E-state index contributed by atoms with van der Waals surface area (Å²) in [6, 6.07) is 7.90. The third-order valence-corrected chi connectivity index (χ3v) is 4.32. The molecule has 0 heterocycles. The Morgan fingerprint density at radius 2 is 1.93 bits per heavy atom. The lowest BCUT2D eigenvalue weighted by Crippen LogP contribution is -2.39. The Labute approximate surface area is 180 Å². The van der Waals surface area contributed by atoms with E-state index in [-0.39, 0.29) is 42.4 Å². The van der Waals surface area contributed by atoms with E-state index in [1.165, 1.54) is 6.26 Å². The van der Waals surface area contributed by atoms with Gasteiger partial charge in [0, 0.05) is 19.3 Å². The monoisotopic (exact) mass is 513 g/mol. The largest absolute Gasteiger partial charge is 0.489 e. The van der Waals surface area contributed by atoms with E-state index in [2.05, 4.69) is 15.6 Å². The number of benzene rings is 1. The molecular weight excluding hydrogens is 481 g/mol. The molecule has 1 unspecified atom stereocenters. The first-order chi connectivity index (χ1) is 12.3. The van der Waals surface area contributed by atoms with Crippen molar-refractivity contribution in [2.24, 2.45) is 4.99 Å². The molecule has 0 radical (unpaired) electrons. The molecule has 1 rings (SSSR count). The van der Waals surface area contributed by atoms with Crippen LogP contribution < -0.4 is 15.4 Å². The molecular formula is C18H32IN3O4S. The topological polar surface area (TPSA) is 89.0 Å². The first-order valence-electron chi connectivity index (χ1n) is 8.81. The molecule has 0 aliphatic heterocycles. The number of hydrogen-bond acceptors (Lipinski definition) is 5. The van der Waals surface area contributed by atoms with Crippen molar-refractivity contribution in [3.05, 3.63) is 29.8 Å². The molecule has 0 aliphatic rings. The van der Waals surface area contributed by atoms with Crippen LogP contribution >= 0.6 is 24.0 Å². The lowest BCUT2D eigenvalue weighted by Gasteiger charge is -2.16. The van der Waals surface area contributed by atoms with Crippen molar-refractivity contribution >= 4 is 39.8 Å². The Bertz CT molecular complexity index is 668. The van der Waals surface area contributed by atoms with Crippen LogP contribution in [0, 0.1) is 6.92 Å². The molecule has 7 nitrogen and oxygen atoms in total. The highest BCUT2D eigenvalue weighted by Gasteiger charge is 2.06. The number of nitrogens with zero attached hydrogens (tertiary/aromatic N) is 1. The van der Waals surface area contributed by atoms with E-state index in [1.807, 2.05) is 45.0 Å². The number of guanidine groups is 1. The number of nitrogens with one attached hydrogen (secondary N) is 2. The maximum atomic E-state index is 11.0. The van der Waals surface area contributed by atoms with Gasteiger partial charge in [-0.05, 0) is 32.4 Å². The van der Waals surface area contributed by atoms with Crippen LogP contribution in [0.4, 0.5) is 0 Å². The second kappa shape index (κ2) is 14.0. The summed E-state index contributed by atoms with van der Waals surface area (Å²) in [6.07, 6.45) is 1.14. The van der Waals surface area contributed by atoms with Crippen molar-refractivity contribution in [3.63, 3.8) is 0 Å². The third-order valence-electron chi connectivity index (χ3n) is 3.41. The van der Waals surface area contributed by atoms with Crippen LogP contribution in [-0.4, -0.2) is 65.3 Å². The highest BCUT2D eigenvalue weighted by atomic mass is 127. The van der Waals surface area contributed by atoms with Gasteiger partial charge < -0.3 is 20.1 Å². The molecule has 2 N–H and O–H groups in total. The summed E-state index contributed by atoms with van der Waals surface area (Å²) in [4.78, 5) is 4.51. The highest BCUT2D eigenvalue weighted by molar-refractivity contribution is 14.0. The quantitative estimate of drug-likeness (QED) is 0.204. The molecule has 1 aromatic carbocycles. The van der Waals surface area contributed by atoms with Gasteiger partial charge >= 0.3 is 0 Å². The number of sulfone groups is 1. The van der Waals surface area contributed by atoms with Gasteiger partial charge in [-0.15, -0.1) is 24.0 Å². The van der Waals surface area contributed by atoms with Crippen molar-refractivity contribution in [3.8, 4) is 5.75 Å². The fraction of sp³-hybridized carbons (Fsp3) is 0.611. The van der Waals surface area contributed by atoms with Crippen molar-refractivity contribution in [2.75, 3.05) is 44.9 Å². The number of hydrogen-bond donors (Lipinski definition) is 2. The fourth-order valence-electron chi connectivity index (χ4n) is 2.06. The van der Waals surface area contributed by atoms with Crippen LogP contribution in [0.1, 0.15) is 19.4 Å². The predicted octanol–water partition coefficient (Wildman–Crippen LogP) is 2.00. The van der Waals surface area contributed by atoms with Gasteiger partial charge in [0.05, 0.1) is 25.5 Å². The molecule has 1 atom stereocenters. The van der Waals surface area contributed by atoms with Crippen LogP contribution in [0.5, 0.6) is 5.75 Å². The second-order valence-electron chi connectivity index (χ2n) is 6.08. The Morgan fingerprint density at radius 3 is 2.56 bits per heavy atom. The minimum Gasteiger partial charge on any atom is -0.489 e. The van der Waals surface area contributed by atoms with Gasteiger partial charge in [-0.2, -0.15) is 0 Å². The molecule has 27 heavy (non-hydrogen) atoms. The predicted molar refractivity (Wildman–Crippen MR) is 121 cm³/mol. The maximum absolute atomic E-state index is 11.0. The number of halogens is 1. The van der Waals surface area contributed by atoms with Crippen LogP contribution in [-0.2, 0) is 14.6 Å². The highest BCUT2D eigenvalue weighted by Crippen LogP contribution is 2.17. The van der Waals surface area contributed by atoms with Crippen molar-refractivity contribution in [2.45, 2.75) is 26.9 Å². The average molecular weight is 513 g/mol. The first kappa shape index (κ1) is 25.9. The fourth-order valence-corrected chi connectivity index (χ4v) is 2.48. The molecule has 0 amide bonds. The van der Waals surface area contributed by atoms with Gasteiger partial charge in [0.1, 0.15) is 21.7 Å². The van der Waals surface area contributed by atoms with Gasteiger partial charge in [0.2, 0.25) is 0 Å². The summed E-state index contributed by atoms with van der Waals surface area (Å²) >= 11 is 0. The first-order valence-corrected chi connectivity index (χ1v) is 10.9. The smallest absolute Gasteiger partial charge is 0.191 e. The van der Waals surface area contributed by atoms with Gasteiger partial charge in [-0.3, -0.25) is 0 Å². The lowest BCUT2D eigenvalue weighted by molar-refractivity contribution is 0.154. The molecule has 0 saturated heterocycles. The van der Waals surface area contributed by atoms with E-state index >= 15 is 0 Å². The van der Waals surface area contributed by atoms with Crippen LogP contribution in [0.3, 0.4) is 0 Å². The minimum atomic E-state index is -2.98. The Hall–Kier alpha value is -1.07. The summed E-state index contributed by atoms with van der Waals surface area (Å²) in [7, 11) is -2.98. The standard InChI is InChI=1S/C18H31N3O4S.HI/c1-5-19-18(20-10-11-24-12-13-26(4,22)23)21-14-16(3)25-17-9-7-6-8-15(17)2;/h6-9,16H,5,10-14H2,1-4H3,(H2,19,20,21);1H. The summed E-state index contributed by atoms with van der Waals surface area (Å²) in [5.41, 5.74) is 1.10. The molecule has 0 aromatic heterocycles. The normalized spacial score (nSPS) is 12.8. The third kappa shape index (κ3) is 12.9. The Morgan fingerprint density at radius 1 is 1.22 bits per heavy atom. The summed E-state index contributed by atoms with van der Waals surface area (Å²) < 4.78 is 33.3. The number of aryl methyl sites for hydroxylation is 1. The van der Waals surface area contributed by atoms with Crippen LogP contribution in [0.15, 0.2) is 29.3 Å². The maximum Gasteiger partial charge on any atom is 0.191 e. The zero-order valence-electron chi connectivity index (χ0n) is 16.5. The molecule has 0 fully saturated rings. The second-order valence-corrected chi connectivity index (χ2v) is 8.34. The summed E-state index contributed by atoms with van der Waals surface area (Å²) in [5.74, 6) is 1.58. The van der Waals surface area contributed by atoms with E-state index in [1.54, 1.807) is 0 Å². The molecule has 0 spiro atoms. The number of ether oxygens (including phenoxy) is 2.